The average Bonchev–Trinajstić information content (AvgIpc) is 2.68. The Morgan fingerprint density at radius 3 is 2.67 bits per heavy atom. The van der Waals surface area contributed by atoms with Crippen LogP contribution in [0.4, 0.5) is 0 Å². The third kappa shape index (κ3) is 5.99. The number of carbonyl (C=O) groups is 1. The highest BCUT2D eigenvalue weighted by Crippen LogP contribution is 2.34. The summed E-state index contributed by atoms with van der Waals surface area (Å²) in [6.07, 6.45) is 2.52. The second-order valence-corrected chi connectivity index (χ2v) is 6.87. The van der Waals surface area contributed by atoms with Crippen molar-refractivity contribution in [3.63, 3.8) is 0 Å². The van der Waals surface area contributed by atoms with Crippen LogP contribution in [0.25, 0.3) is 0 Å². The topological polar surface area (TPSA) is 80.2 Å². The summed E-state index contributed by atoms with van der Waals surface area (Å²) >= 11 is 3.23. The molecule has 1 unspecified atom stereocenters. The van der Waals surface area contributed by atoms with Gasteiger partial charge in [0, 0.05) is 0 Å². The Morgan fingerprint density at radius 2 is 2.04 bits per heavy atom. The molecule has 2 aromatic carbocycles. The molecule has 0 radical (unpaired) electrons. The van der Waals surface area contributed by atoms with E-state index in [1.165, 1.54) is 18.9 Å². The monoisotopic (exact) mass is 434 g/mol. The lowest BCUT2D eigenvalue weighted by atomic mass is 9.99. The first-order valence-corrected chi connectivity index (χ1v) is 9.35. The molecule has 27 heavy (non-hydrogen) atoms. The molecule has 1 atom stereocenters. The van der Waals surface area contributed by atoms with Crippen molar-refractivity contribution in [2.75, 3.05) is 13.7 Å². The van der Waals surface area contributed by atoms with Crippen LogP contribution in [0.2, 0.25) is 0 Å². The number of benzene rings is 2. The maximum Gasteiger partial charge on any atom is 0.277 e. The third-order valence-corrected chi connectivity index (χ3v) is 4.71. The van der Waals surface area contributed by atoms with Gasteiger partial charge in [-0.05, 0) is 63.7 Å². The van der Waals surface area contributed by atoms with E-state index in [0.717, 1.165) is 6.42 Å². The van der Waals surface area contributed by atoms with Gasteiger partial charge in [0.05, 0.1) is 17.8 Å². The van der Waals surface area contributed by atoms with E-state index in [4.69, 9.17) is 9.47 Å². The van der Waals surface area contributed by atoms with E-state index in [-0.39, 0.29) is 18.3 Å². The molecular formula is C20H23BrN2O4. The van der Waals surface area contributed by atoms with Gasteiger partial charge < -0.3 is 14.6 Å². The molecule has 0 saturated heterocycles. The predicted octanol–water partition coefficient (Wildman–Crippen LogP) is 4.21. The first-order chi connectivity index (χ1) is 12.9. The predicted molar refractivity (Wildman–Crippen MR) is 109 cm³/mol. The number of nitrogens with one attached hydrogen (secondary N) is 1. The molecule has 0 aromatic heterocycles. The molecule has 6 nitrogen and oxygen atoms in total. The molecule has 0 heterocycles. The molecule has 2 N–H and O–H groups in total. The number of phenols is 1. The van der Waals surface area contributed by atoms with E-state index < -0.39 is 0 Å². The van der Waals surface area contributed by atoms with Gasteiger partial charge in [-0.3, -0.25) is 4.79 Å². The van der Waals surface area contributed by atoms with Crippen molar-refractivity contribution in [3.8, 4) is 17.2 Å². The van der Waals surface area contributed by atoms with Crippen molar-refractivity contribution in [2.45, 2.75) is 26.2 Å². The largest absolute Gasteiger partial charge is 0.503 e. The smallest absolute Gasteiger partial charge is 0.277 e. The molecule has 0 aliphatic heterocycles. The molecule has 7 heteroatoms. The quantitative estimate of drug-likeness (QED) is 0.481. The number of halogens is 1. The van der Waals surface area contributed by atoms with Gasteiger partial charge in [0.1, 0.15) is 5.75 Å². The lowest BCUT2D eigenvalue weighted by Gasteiger charge is -2.10. The summed E-state index contributed by atoms with van der Waals surface area (Å²) in [7, 11) is 1.46. The van der Waals surface area contributed by atoms with Crippen LogP contribution in [0, 0.1) is 0 Å². The Morgan fingerprint density at radius 1 is 1.33 bits per heavy atom. The number of hydrogen-bond acceptors (Lipinski definition) is 5. The molecule has 144 valence electrons. The fraction of sp³-hybridized carbons (Fsp3) is 0.300. The summed E-state index contributed by atoms with van der Waals surface area (Å²) in [5.74, 6) is 1.07. The Labute approximate surface area is 167 Å². The number of ether oxygens (including phenoxy) is 2. The molecular weight excluding hydrogens is 412 g/mol. The highest BCUT2D eigenvalue weighted by molar-refractivity contribution is 9.10. The number of rotatable bonds is 8. The minimum atomic E-state index is -0.373. The van der Waals surface area contributed by atoms with Crippen molar-refractivity contribution in [1.82, 2.24) is 5.43 Å². The Balaban J connectivity index is 1.86. The van der Waals surface area contributed by atoms with E-state index in [1.54, 1.807) is 12.1 Å². The molecule has 2 aromatic rings. The second kappa shape index (κ2) is 9.97. The summed E-state index contributed by atoms with van der Waals surface area (Å²) in [5, 5.41) is 13.7. The molecule has 0 aliphatic carbocycles. The summed E-state index contributed by atoms with van der Waals surface area (Å²) in [4.78, 5) is 11.8. The molecule has 0 bridgehead atoms. The zero-order valence-corrected chi connectivity index (χ0v) is 17.1. The molecule has 0 spiro atoms. The van der Waals surface area contributed by atoms with Crippen LogP contribution in [0.1, 0.15) is 37.3 Å². The number of hydrazone groups is 1. The summed E-state index contributed by atoms with van der Waals surface area (Å²) in [6.45, 7) is 4.18. The van der Waals surface area contributed by atoms with Crippen LogP contribution >= 0.6 is 15.9 Å². The normalized spacial score (nSPS) is 12.0. The van der Waals surface area contributed by atoms with Crippen LogP contribution in [0.5, 0.6) is 17.2 Å². The molecule has 0 saturated carbocycles. The fourth-order valence-corrected chi connectivity index (χ4v) is 2.77. The minimum absolute atomic E-state index is 0.00596. The number of nitrogens with zero attached hydrogens (tertiary/aromatic N) is 1. The highest BCUT2D eigenvalue weighted by Gasteiger charge is 2.08. The molecule has 1 amide bonds. The Kier molecular flexibility index (Phi) is 7.67. The Hall–Kier alpha value is -2.54. The molecule has 0 aliphatic rings. The van der Waals surface area contributed by atoms with Crippen LogP contribution in [0.15, 0.2) is 46.0 Å². The van der Waals surface area contributed by atoms with E-state index in [9.17, 15) is 9.90 Å². The second-order valence-electron chi connectivity index (χ2n) is 6.01. The number of amides is 1. The summed E-state index contributed by atoms with van der Waals surface area (Å²) in [5.41, 5.74) is 4.29. The number of hydrogen-bond donors (Lipinski definition) is 2. The van der Waals surface area contributed by atoms with Gasteiger partial charge in [-0.1, -0.05) is 26.0 Å². The zero-order chi connectivity index (χ0) is 19.8. The lowest BCUT2D eigenvalue weighted by molar-refractivity contribution is -0.123. The minimum Gasteiger partial charge on any atom is -0.503 e. The number of carbonyl (C=O) groups excluding carboxylic acids is 1. The van der Waals surface area contributed by atoms with E-state index in [2.05, 4.69) is 40.3 Å². The zero-order valence-electron chi connectivity index (χ0n) is 15.5. The standard InChI is InChI=1S/C20H23BrN2O4/c1-4-13(2)15-5-7-16(8-6-15)27-12-19(24)23-22-11-14-9-17(21)20(25)18(10-14)26-3/h5-11,13,25H,4,12H2,1-3H3,(H,23,24). The van der Waals surface area contributed by atoms with Gasteiger partial charge in [-0.15, -0.1) is 0 Å². The SMILES string of the molecule is CCC(C)c1ccc(OCC(=O)NN=Cc2cc(Br)c(O)c(OC)c2)cc1. The first-order valence-electron chi connectivity index (χ1n) is 8.55. The summed E-state index contributed by atoms with van der Waals surface area (Å²) < 4.78 is 11.0. The first kappa shape index (κ1) is 20.8. The Bertz CT molecular complexity index is 806. The van der Waals surface area contributed by atoms with E-state index in [0.29, 0.717) is 27.5 Å². The fourth-order valence-electron chi connectivity index (χ4n) is 2.31. The maximum atomic E-state index is 11.8. The van der Waals surface area contributed by atoms with Gasteiger partial charge in [-0.2, -0.15) is 5.10 Å². The van der Waals surface area contributed by atoms with Crippen LogP contribution in [-0.4, -0.2) is 30.9 Å². The van der Waals surface area contributed by atoms with Gasteiger partial charge in [0.15, 0.2) is 18.1 Å². The van der Waals surface area contributed by atoms with Crippen LogP contribution in [-0.2, 0) is 4.79 Å². The molecule has 0 fully saturated rings. The number of phenolic OH excluding ortho intramolecular Hbond substituents is 1. The van der Waals surface area contributed by atoms with Gasteiger partial charge in [0.25, 0.3) is 5.91 Å². The van der Waals surface area contributed by atoms with Crippen molar-refractivity contribution in [1.29, 1.82) is 0 Å². The highest BCUT2D eigenvalue weighted by atomic mass is 79.9. The lowest BCUT2D eigenvalue weighted by Crippen LogP contribution is -2.24. The molecule has 2 rings (SSSR count). The number of methoxy groups -OCH3 is 1. The van der Waals surface area contributed by atoms with E-state index >= 15 is 0 Å². The maximum absolute atomic E-state index is 11.8. The van der Waals surface area contributed by atoms with Gasteiger partial charge in [0.2, 0.25) is 0 Å². The van der Waals surface area contributed by atoms with Gasteiger partial charge >= 0.3 is 0 Å². The summed E-state index contributed by atoms with van der Waals surface area (Å²) in [6, 6.07) is 11.0. The van der Waals surface area contributed by atoms with Crippen LogP contribution in [0.3, 0.4) is 0 Å². The van der Waals surface area contributed by atoms with Crippen molar-refractivity contribution in [2.24, 2.45) is 5.10 Å². The number of aromatic hydroxyl groups is 1. The third-order valence-electron chi connectivity index (χ3n) is 4.10. The van der Waals surface area contributed by atoms with Crippen molar-refractivity contribution >= 4 is 28.1 Å². The van der Waals surface area contributed by atoms with Crippen LogP contribution < -0.4 is 14.9 Å². The van der Waals surface area contributed by atoms with E-state index in [1.807, 2.05) is 24.3 Å². The van der Waals surface area contributed by atoms with Crippen molar-refractivity contribution in [3.05, 3.63) is 52.0 Å². The average molecular weight is 435 g/mol. The van der Waals surface area contributed by atoms with Crippen molar-refractivity contribution < 1.29 is 19.4 Å². The van der Waals surface area contributed by atoms with Gasteiger partial charge in [-0.25, -0.2) is 5.43 Å².